The number of aryl methyl sites for hydroxylation is 2. The largest absolute Gasteiger partial charge is 0.497 e. The zero-order valence-electron chi connectivity index (χ0n) is 17.4. The minimum absolute atomic E-state index is 0.0813. The molecule has 6 heteroatoms. The third-order valence-electron chi connectivity index (χ3n) is 5.17. The number of para-hydroxylation sites is 1. The van der Waals surface area contributed by atoms with Crippen LogP contribution in [0.5, 0.6) is 5.75 Å². The van der Waals surface area contributed by atoms with Crippen LogP contribution in [-0.2, 0) is 9.59 Å². The summed E-state index contributed by atoms with van der Waals surface area (Å²) in [6.07, 6.45) is 0. The summed E-state index contributed by atoms with van der Waals surface area (Å²) in [5, 5.41) is 3.07. The summed E-state index contributed by atoms with van der Waals surface area (Å²) in [5.74, 6) is -1.24. The van der Waals surface area contributed by atoms with Crippen LogP contribution >= 0.6 is 0 Å². The summed E-state index contributed by atoms with van der Waals surface area (Å²) in [7, 11) is 1.55. The predicted octanol–water partition coefficient (Wildman–Crippen LogP) is 4.85. The Morgan fingerprint density at radius 2 is 1.68 bits per heavy atom. The summed E-state index contributed by atoms with van der Waals surface area (Å²) in [6.45, 7) is 3.83. The number of nitrogens with zero attached hydrogens (tertiary/aromatic N) is 1. The van der Waals surface area contributed by atoms with Crippen LogP contribution in [0.1, 0.15) is 16.7 Å². The Kier molecular flexibility index (Phi) is 5.29. The van der Waals surface area contributed by atoms with Gasteiger partial charge in [0, 0.05) is 11.8 Å². The lowest BCUT2D eigenvalue weighted by Gasteiger charge is -2.16. The molecule has 156 valence electrons. The Balaban J connectivity index is 1.87. The molecule has 0 aromatic heterocycles. The van der Waals surface area contributed by atoms with Gasteiger partial charge in [-0.25, -0.2) is 9.29 Å². The van der Waals surface area contributed by atoms with Gasteiger partial charge in [0.2, 0.25) is 0 Å². The number of amides is 2. The highest BCUT2D eigenvalue weighted by atomic mass is 19.1. The fraction of sp³-hybridized carbons (Fsp3) is 0.120. The van der Waals surface area contributed by atoms with E-state index in [1.54, 1.807) is 37.4 Å². The molecule has 0 spiro atoms. The molecule has 4 rings (SSSR count). The summed E-state index contributed by atoms with van der Waals surface area (Å²) < 4.78 is 19.8. The molecule has 3 aromatic carbocycles. The van der Waals surface area contributed by atoms with E-state index < -0.39 is 17.6 Å². The number of hydrogen-bond donors (Lipinski definition) is 1. The van der Waals surface area contributed by atoms with Gasteiger partial charge >= 0.3 is 0 Å². The topological polar surface area (TPSA) is 58.6 Å². The number of nitrogens with one attached hydrogen (secondary N) is 1. The molecule has 1 N–H and O–H groups in total. The maximum Gasteiger partial charge on any atom is 0.282 e. The van der Waals surface area contributed by atoms with Gasteiger partial charge in [0.15, 0.2) is 0 Å². The Bertz CT molecular complexity index is 1230. The van der Waals surface area contributed by atoms with Crippen molar-refractivity contribution >= 4 is 28.8 Å². The zero-order valence-corrected chi connectivity index (χ0v) is 17.4. The summed E-state index contributed by atoms with van der Waals surface area (Å²) in [5.41, 5.74) is 3.29. The number of hydrogen-bond acceptors (Lipinski definition) is 4. The number of carbonyl (C=O) groups excluding carboxylic acids is 2. The number of anilines is 2. The number of carbonyl (C=O) groups is 2. The number of rotatable bonds is 5. The van der Waals surface area contributed by atoms with Gasteiger partial charge in [-0.3, -0.25) is 9.59 Å². The highest BCUT2D eigenvalue weighted by Crippen LogP contribution is 2.36. The first-order valence-electron chi connectivity index (χ1n) is 9.77. The number of halogens is 1. The normalized spacial score (nSPS) is 13.7. The standard InChI is InChI=1S/C25H21FN2O3/c1-15-11-12-19(16(2)13-15)22-23(27-17-7-6-8-18(14-17)31-3)25(30)28(24(22)29)21-10-5-4-9-20(21)26/h4-14,27H,1-3H3. The quantitative estimate of drug-likeness (QED) is 0.604. The van der Waals surface area contributed by atoms with Crippen molar-refractivity contribution in [1.82, 2.24) is 0 Å². The molecule has 0 saturated carbocycles. The van der Waals surface area contributed by atoms with Gasteiger partial charge in [-0.05, 0) is 49.2 Å². The summed E-state index contributed by atoms with van der Waals surface area (Å²) in [6, 6.07) is 18.4. The lowest BCUT2D eigenvalue weighted by atomic mass is 9.97. The van der Waals surface area contributed by atoms with Crippen molar-refractivity contribution in [2.24, 2.45) is 0 Å². The van der Waals surface area contributed by atoms with Gasteiger partial charge in [-0.1, -0.05) is 42.0 Å². The van der Waals surface area contributed by atoms with Crippen LogP contribution in [0.3, 0.4) is 0 Å². The van der Waals surface area contributed by atoms with Crippen molar-refractivity contribution in [2.75, 3.05) is 17.3 Å². The molecule has 0 saturated heterocycles. The van der Waals surface area contributed by atoms with Crippen LogP contribution in [-0.4, -0.2) is 18.9 Å². The molecule has 1 heterocycles. The van der Waals surface area contributed by atoms with Crippen LogP contribution < -0.4 is 15.0 Å². The molecule has 31 heavy (non-hydrogen) atoms. The van der Waals surface area contributed by atoms with E-state index >= 15 is 0 Å². The van der Waals surface area contributed by atoms with Gasteiger partial charge in [0.1, 0.15) is 17.3 Å². The maximum atomic E-state index is 14.5. The average Bonchev–Trinajstić information content (AvgIpc) is 2.98. The summed E-state index contributed by atoms with van der Waals surface area (Å²) in [4.78, 5) is 27.7. The lowest BCUT2D eigenvalue weighted by molar-refractivity contribution is -0.120. The average molecular weight is 416 g/mol. The second-order valence-electron chi connectivity index (χ2n) is 7.32. The van der Waals surface area contributed by atoms with Gasteiger partial charge in [-0.2, -0.15) is 0 Å². The molecule has 3 aromatic rings. The van der Waals surface area contributed by atoms with E-state index in [4.69, 9.17) is 4.74 Å². The predicted molar refractivity (Wildman–Crippen MR) is 118 cm³/mol. The maximum absolute atomic E-state index is 14.5. The second kappa shape index (κ2) is 8.07. The third kappa shape index (κ3) is 3.68. The van der Waals surface area contributed by atoms with E-state index in [1.165, 1.54) is 18.2 Å². The SMILES string of the molecule is COc1cccc(NC2=C(c3ccc(C)cc3C)C(=O)N(c3ccccc3F)C2=O)c1. The van der Waals surface area contributed by atoms with E-state index in [1.807, 2.05) is 32.0 Å². The van der Waals surface area contributed by atoms with Crippen molar-refractivity contribution in [2.45, 2.75) is 13.8 Å². The molecule has 1 aliphatic heterocycles. The van der Waals surface area contributed by atoms with Gasteiger partial charge in [-0.15, -0.1) is 0 Å². The molecule has 1 aliphatic rings. The molecule has 0 aliphatic carbocycles. The summed E-state index contributed by atoms with van der Waals surface area (Å²) >= 11 is 0. The van der Waals surface area contributed by atoms with Crippen LogP contribution in [0.25, 0.3) is 5.57 Å². The molecule has 0 atom stereocenters. The van der Waals surface area contributed by atoms with Gasteiger partial charge < -0.3 is 10.1 Å². The minimum atomic E-state index is -0.646. The monoisotopic (exact) mass is 416 g/mol. The molecule has 0 unspecified atom stereocenters. The van der Waals surface area contributed by atoms with E-state index in [0.717, 1.165) is 16.0 Å². The highest BCUT2D eigenvalue weighted by Gasteiger charge is 2.41. The lowest BCUT2D eigenvalue weighted by Crippen LogP contribution is -2.33. The molecular weight excluding hydrogens is 395 g/mol. The molecule has 0 bridgehead atoms. The number of methoxy groups -OCH3 is 1. The van der Waals surface area contributed by atoms with Crippen molar-refractivity contribution in [3.63, 3.8) is 0 Å². The first kappa shape index (κ1) is 20.3. The number of ether oxygens (including phenoxy) is 1. The van der Waals surface area contributed by atoms with E-state index in [2.05, 4.69) is 5.32 Å². The first-order chi connectivity index (χ1) is 14.9. The van der Waals surface area contributed by atoms with Gasteiger partial charge in [0.05, 0.1) is 18.4 Å². The van der Waals surface area contributed by atoms with Crippen molar-refractivity contribution in [3.8, 4) is 5.75 Å². The Morgan fingerprint density at radius 3 is 2.39 bits per heavy atom. The highest BCUT2D eigenvalue weighted by molar-refractivity contribution is 6.46. The molecule has 2 amide bonds. The zero-order chi connectivity index (χ0) is 22.1. The second-order valence-corrected chi connectivity index (χ2v) is 7.32. The van der Waals surface area contributed by atoms with E-state index in [0.29, 0.717) is 17.0 Å². The third-order valence-corrected chi connectivity index (χ3v) is 5.17. The van der Waals surface area contributed by atoms with Crippen LogP contribution in [0.4, 0.5) is 15.8 Å². The Morgan fingerprint density at radius 1 is 0.903 bits per heavy atom. The Hall–Kier alpha value is -3.93. The van der Waals surface area contributed by atoms with Gasteiger partial charge in [0.25, 0.3) is 11.8 Å². The first-order valence-corrected chi connectivity index (χ1v) is 9.77. The number of imide groups is 1. The number of benzene rings is 3. The molecular formula is C25H21FN2O3. The minimum Gasteiger partial charge on any atom is -0.497 e. The van der Waals surface area contributed by atoms with Crippen LogP contribution in [0, 0.1) is 19.7 Å². The van der Waals surface area contributed by atoms with Crippen molar-refractivity contribution in [1.29, 1.82) is 0 Å². The fourth-order valence-corrected chi connectivity index (χ4v) is 3.69. The van der Waals surface area contributed by atoms with E-state index in [9.17, 15) is 14.0 Å². The fourth-order valence-electron chi connectivity index (χ4n) is 3.69. The molecule has 0 fully saturated rings. The van der Waals surface area contributed by atoms with Crippen molar-refractivity contribution in [3.05, 3.63) is 94.9 Å². The molecule has 0 radical (unpaired) electrons. The van der Waals surface area contributed by atoms with Crippen LogP contribution in [0.15, 0.2) is 72.4 Å². The van der Waals surface area contributed by atoms with E-state index in [-0.39, 0.29) is 17.0 Å². The smallest absolute Gasteiger partial charge is 0.282 e. The van der Waals surface area contributed by atoms with Crippen LogP contribution in [0.2, 0.25) is 0 Å². The molecule has 5 nitrogen and oxygen atoms in total. The Labute approximate surface area is 179 Å². The van der Waals surface area contributed by atoms with Crippen molar-refractivity contribution < 1.29 is 18.7 Å².